The van der Waals surface area contributed by atoms with Crippen molar-refractivity contribution < 1.29 is 4.79 Å². The van der Waals surface area contributed by atoms with Crippen molar-refractivity contribution in [1.29, 1.82) is 0 Å². The predicted molar refractivity (Wildman–Crippen MR) is 76.0 cm³/mol. The molecular formula is C15H17N3O. The Kier molecular flexibility index (Phi) is 3.42. The van der Waals surface area contributed by atoms with E-state index in [0.29, 0.717) is 6.54 Å². The summed E-state index contributed by atoms with van der Waals surface area (Å²) >= 11 is 0. The number of nitrogens with zero attached hydrogens (tertiary/aromatic N) is 2. The quantitative estimate of drug-likeness (QED) is 0.915. The molecule has 1 aromatic heterocycles. The fourth-order valence-corrected chi connectivity index (χ4v) is 2.48. The molecule has 4 heteroatoms. The van der Waals surface area contributed by atoms with E-state index in [-0.39, 0.29) is 5.91 Å². The molecule has 0 atom stereocenters. The summed E-state index contributed by atoms with van der Waals surface area (Å²) in [5, 5.41) is 3.96. The van der Waals surface area contributed by atoms with E-state index in [2.05, 4.69) is 15.2 Å². The summed E-state index contributed by atoms with van der Waals surface area (Å²) in [5.41, 5.74) is 1.71. The Balaban J connectivity index is 1.68. The minimum Gasteiger partial charge on any atom is -0.324 e. The van der Waals surface area contributed by atoms with E-state index in [9.17, 15) is 4.79 Å². The first kappa shape index (κ1) is 12.1. The number of likely N-dealkylation sites (tertiary alicyclic amines) is 1. The maximum Gasteiger partial charge on any atom is 0.238 e. The van der Waals surface area contributed by atoms with Gasteiger partial charge in [0.25, 0.3) is 0 Å². The standard InChI is InChI=1S/C15H17N3O/c19-15(11-18-7-3-4-8-18)17-13-9-12-5-1-2-6-14(12)16-10-13/h1-2,5-6,9-10H,3-4,7-8,11H2,(H,17,19). The number of rotatable bonds is 3. The fourth-order valence-electron chi connectivity index (χ4n) is 2.48. The van der Waals surface area contributed by atoms with E-state index in [0.717, 1.165) is 29.7 Å². The summed E-state index contributed by atoms with van der Waals surface area (Å²) in [6, 6.07) is 9.86. The molecule has 0 aliphatic carbocycles. The molecule has 1 aromatic carbocycles. The molecule has 2 aromatic rings. The molecule has 1 amide bonds. The summed E-state index contributed by atoms with van der Waals surface area (Å²) in [5.74, 6) is 0.0407. The topological polar surface area (TPSA) is 45.2 Å². The first-order valence-electron chi connectivity index (χ1n) is 6.68. The summed E-state index contributed by atoms with van der Waals surface area (Å²) in [4.78, 5) is 18.4. The van der Waals surface area contributed by atoms with Gasteiger partial charge in [0.2, 0.25) is 5.91 Å². The number of hydrogen-bond acceptors (Lipinski definition) is 3. The van der Waals surface area contributed by atoms with Crippen LogP contribution in [-0.2, 0) is 4.79 Å². The van der Waals surface area contributed by atoms with Crippen molar-refractivity contribution in [3.8, 4) is 0 Å². The van der Waals surface area contributed by atoms with Crippen molar-refractivity contribution in [2.24, 2.45) is 0 Å². The van der Waals surface area contributed by atoms with Gasteiger partial charge >= 0.3 is 0 Å². The number of hydrogen-bond donors (Lipinski definition) is 1. The van der Waals surface area contributed by atoms with Crippen molar-refractivity contribution in [1.82, 2.24) is 9.88 Å². The number of anilines is 1. The lowest BCUT2D eigenvalue weighted by molar-refractivity contribution is -0.117. The first-order valence-corrected chi connectivity index (χ1v) is 6.68. The van der Waals surface area contributed by atoms with Gasteiger partial charge in [0.05, 0.1) is 23.9 Å². The highest BCUT2D eigenvalue weighted by Gasteiger charge is 2.15. The highest BCUT2D eigenvalue weighted by molar-refractivity contribution is 5.94. The largest absolute Gasteiger partial charge is 0.324 e. The second-order valence-electron chi connectivity index (χ2n) is 4.95. The third-order valence-electron chi connectivity index (χ3n) is 3.44. The molecule has 3 rings (SSSR count). The van der Waals surface area contributed by atoms with E-state index in [4.69, 9.17) is 0 Å². The monoisotopic (exact) mass is 255 g/mol. The molecule has 0 saturated carbocycles. The van der Waals surface area contributed by atoms with Crippen LogP contribution in [0.1, 0.15) is 12.8 Å². The van der Waals surface area contributed by atoms with Crippen LogP contribution in [0.5, 0.6) is 0 Å². The molecule has 19 heavy (non-hydrogen) atoms. The average molecular weight is 255 g/mol. The molecule has 1 aliphatic heterocycles. The Bertz CT molecular complexity index is 591. The van der Waals surface area contributed by atoms with Crippen LogP contribution in [-0.4, -0.2) is 35.4 Å². The van der Waals surface area contributed by atoms with Crippen LogP contribution in [0.25, 0.3) is 10.9 Å². The van der Waals surface area contributed by atoms with Crippen molar-refractivity contribution in [2.75, 3.05) is 25.0 Å². The number of amides is 1. The molecule has 0 bridgehead atoms. The number of benzene rings is 1. The first-order chi connectivity index (χ1) is 9.31. The Morgan fingerprint density at radius 3 is 2.89 bits per heavy atom. The van der Waals surface area contributed by atoms with Gasteiger partial charge < -0.3 is 5.32 Å². The SMILES string of the molecule is O=C(CN1CCCC1)Nc1cnc2ccccc2c1. The lowest BCUT2D eigenvalue weighted by atomic mass is 10.2. The molecule has 0 radical (unpaired) electrons. The van der Waals surface area contributed by atoms with Gasteiger partial charge in [0, 0.05) is 5.39 Å². The number of fused-ring (bicyclic) bond motifs is 1. The van der Waals surface area contributed by atoms with Gasteiger partial charge in [-0.2, -0.15) is 0 Å². The summed E-state index contributed by atoms with van der Waals surface area (Å²) in [6.45, 7) is 2.54. The summed E-state index contributed by atoms with van der Waals surface area (Å²) in [6.07, 6.45) is 4.11. The second-order valence-corrected chi connectivity index (χ2v) is 4.95. The minimum absolute atomic E-state index is 0.0407. The van der Waals surface area contributed by atoms with Crippen molar-refractivity contribution in [3.63, 3.8) is 0 Å². The van der Waals surface area contributed by atoms with Crippen LogP contribution in [0, 0.1) is 0 Å². The maximum atomic E-state index is 11.9. The molecule has 4 nitrogen and oxygen atoms in total. The number of pyridine rings is 1. The summed E-state index contributed by atoms with van der Waals surface area (Å²) < 4.78 is 0. The second kappa shape index (κ2) is 5.36. The van der Waals surface area contributed by atoms with Crippen molar-refractivity contribution in [2.45, 2.75) is 12.8 Å². The highest BCUT2D eigenvalue weighted by atomic mass is 16.2. The Hall–Kier alpha value is -1.94. The molecule has 2 heterocycles. The van der Waals surface area contributed by atoms with Crippen LogP contribution < -0.4 is 5.32 Å². The number of carbonyl (C=O) groups is 1. The lowest BCUT2D eigenvalue weighted by Gasteiger charge is -2.14. The molecule has 1 aliphatic rings. The van der Waals surface area contributed by atoms with Crippen LogP contribution in [0.3, 0.4) is 0 Å². The van der Waals surface area contributed by atoms with Crippen LogP contribution in [0.15, 0.2) is 36.5 Å². The van der Waals surface area contributed by atoms with E-state index in [1.165, 1.54) is 12.8 Å². The fraction of sp³-hybridized carbons (Fsp3) is 0.333. The number of nitrogens with one attached hydrogen (secondary N) is 1. The van der Waals surface area contributed by atoms with Crippen molar-refractivity contribution in [3.05, 3.63) is 36.5 Å². The van der Waals surface area contributed by atoms with Crippen molar-refractivity contribution >= 4 is 22.5 Å². The Morgan fingerprint density at radius 1 is 1.26 bits per heavy atom. The zero-order valence-electron chi connectivity index (χ0n) is 10.8. The van der Waals surface area contributed by atoms with E-state index in [1.54, 1.807) is 6.20 Å². The van der Waals surface area contributed by atoms with E-state index in [1.807, 2.05) is 30.3 Å². The van der Waals surface area contributed by atoms with Gasteiger partial charge in [0.1, 0.15) is 0 Å². The van der Waals surface area contributed by atoms with E-state index >= 15 is 0 Å². The predicted octanol–water partition coefficient (Wildman–Crippen LogP) is 2.27. The smallest absolute Gasteiger partial charge is 0.238 e. The Morgan fingerprint density at radius 2 is 2.05 bits per heavy atom. The zero-order valence-corrected chi connectivity index (χ0v) is 10.8. The molecule has 0 unspecified atom stereocenters. The molecule has 1 saturated heterocycles. The van der Waals surface area contributed by atoms with Gasteiger partial charge in [-0.15, -0.1) is 0 Å². The molecule has 1 fully saturated rings. The normalized spacial score (nSPS) is 15.8. The lowest BCUT2D eigenvalue weighted by Crippen LogP contribution is -2.30. The minimum atomic E-state index is 0.0407. The zero-order chi connectivity index (χ0) is 13.1. The molecular weight excluding hydrogens is 238 g/mol. The van der Waals surface area contributed by atoms with Crippen LogP contribution in [0.2, 0.25) is 0 Å². The number of aromatic nitrogens is 1. The van der Waals surface area contributed by atoms with Gasteiger partial charge in [-0.1, -0.05) is 18.2 Å². The third kappa shape index (κ3) is 2.90. The van der Waals surface area contributed by atoms with Crippen LogP contribution in [0.4, 0.5) is 5.69 Å². The molecule has 0 spiro atoms. The number of carbonyl (C=O) groups excluding carboxylic acids is 1. The Labute approximate surface area is 112 Å². The van der Waals surface area contributed by atoms with E-state index < -0.39 is 0 Å². The van der Waals surface area contributed by atoms with Gasteiger partial charge in [-0.3, -0.25) is 14.7 Å². The average Bonchev–Trinajstić information content (AvgIpc) is 2.91. The van der Waals surface area contributed by atoms with Gasteiger partial charge in [0.15, 0.2) is 0 Å². The van der Waals surface area contributed by atoms with Gasteiger partial charge in [-0.05, 0) is 38.1 Å². The third-order valence-corrected chi connectivity index (χ3v) is 3.44. The van der Waals surface area contributed by atoms with Crippen LogP contribution >= 0.6 is 0 Å². The summed E-state index contributed by atoms with van der Waals surface area (Å²) in [7, 11) is 0. The van der Waals surface area contributed by atoms with Gasteiger partial charge in [-0.25, -0.2) is 0 Å². The molecule has 98 valence electrons. The number of para-hydroxylation sites is 1. The molecule has 1 N–H and O–H groups in total. The highest BCUT2D eigenvalue weighted by Crippen LogP contribution is 2.16. The maximum absolute atomic E-state index is 11.9.